The van der Waals surface area contributed by atoms with Gasteiger partial charge in [-0.2, -0.15) is 0 Å². The number of anilines is 4. The van der Waals surface area contributed by atoms with Crippen LogP contribution in [0.5, 0.6) is 0 Å². The molecule has 0 bridgehead atoms. The summed E-state index contributed by atoms with van der Waals surface area (Å²) >= 11 is 0. The Balaban J connectivity index is 0.750. The molecule has 2 aliphatic heterocycles. The highest BCUT2D eigenvalue weighted by molar-refractivity contribution is 6.25. The van der Waals surface area contributed by atoms with Gasteiger partial charge in [-0.05, 0) is 75.3 Å². The molecule has 0 spiro atoms. The van der Waals surface area contributed by atoms with E-state index in [0.29, 0.717) is 73.4 Å². The van der Waals surface area contributed by atoms with E-state index in [-0.39, 0.29) is 61.0 Å². The molecule has 4 aliphatic rings. The van der Waals surface area contributed by atoms with Crippen LogP contribution in [0.3, 0.4) is 0 Å². The number of pyridine rings is 3. The summed E-state index contributed by atoms with van der Waals surface area (Å²) in [4.78, 5) is 91.0. The van der Waals surface area contributed by atoms with Crippen LogP contribution in [-0.2, 0) is 19.1 Å². The van der Waals surface area contributed by atoms with Crippen LogP contribution in [-0.4, -0.2) is 99.7 Å². The number of rotatable bonds is 15. The van der Waals surface area contributed by atoms with Crippen LogP contribution in [0.15, 0.2) is 61.1 Å². The molecule has 5 heterocycles. The van der Waals surface area contributed by atoms with Crippen LogP contribution in [0.1, 0.15) is 82.4 Å². The van der Waals surface area contributed by atoms with E-state index in [1.165, 1.54) is 6.07 Å². The largest absolute Gasteiger partial charge is 0.382 e. The molecule has 2 aliphatic carbocycles. The highest BCUT2D eigenvalue weighted by atomic mass is 16.5. The lowest BCUT2D eigenvalue weighted by molar-refractivity contribution is -0.136. The number of carbonyl (C=O) groups excluding carboxylic acids is 6. The molecule has 1 aromatic carbocycles. The summed E-state index contributed by atoms with van der Waals surface area (Å²) in [5.74, 6) is -1.44. The zero-order valence-electron chi connectivity index (χ0n) is 31.7. The molecule has 6 amide bonds. The predicted molar refractivity (Wildman–Crippen MR) is 212 cm³/mol. The molecule has 300 valence electrons. The number of hydrogen-bond donors (Lipinski definition) is 6. The second kappa shape index (κ2) is 16.9. The molecule has 0 radical (unpaired) electrons. The number of fused-ring (bicyclic) bond motifs is 2. The molecule has 8 rings (SSSR count). The van der Waals surface area contributed by atoms with E-state index in [1.54, 1.807) is 30.7 Å². The summed E-state index contributed by atoms with van der Waals surface area (Å²) < 4.78 is 5.70. The third kappa shape index (κ3) is 8.58. The van der Waals surface area contributed by atoms with Gasteiger partial charge in [0.1, 0.15) is 17.7 Å². The van der Waals surface area contributed by atoms with Crippen molar-refractivity contribution in [1.82, 2.24) is 35.8 Å². The maximum absolute atomic E-state index is 13.5. The Morgan fingerprint density at radius 1 is 0.845 bits per heavy atom. The Hall–Kier alpha value is -6.49. The highest BCUT2D eigenvalue weighted by Crippen LogP contribution is 2.33. The third-order valence-electron chi connectivity index (χ3n) is 10.8. The molecule has 3 fully saturated rings. The Bertz CT molecular complexity index is 2270. The zero-order valence-corrected chi connectivity index (χ0v) is 31.7. The standard InChI is InChI=1S/C41H44N10O7/c52-35-13-11-32(39(55)50-35)51-40(56)27-2-1-3-30(36(27)41(51)57)43-16-18-58-19-17-44-37(53)23-4-7-26(8-5-23)47-38(54)28-22-45-34(20-31(28)46-25-9-10-25)49-33-12-6-24-21-42-15-14-29(24)48-33/h1-3,6,12,14-15,20-23,25-26,32,43H,4-5,7-11,13,16-19H2,(H,44,53)(H,47,54)(H,50,52,55)(H2,45,46,48,49). The van der Waals surface area contributed by atoms with Crippen molar-refractivity contribution in [3.05, 3.63) is 77.7 Å². The molecule has 2 saturated carbocycles. The minimum absolute atomic E-state index is 0.0455. The molecular weight excluding hydrogens is 745 g/mol. The van der Waals surface area contributed by atoms with Gasteiger partial charge in [-0.3, -0.25) is 44.0 Å². The number of carbonyl (C=O) groups is 6. The maximum atomic E-state index is 13.5. The van der Waals surface area contributed by atoms with E-state index < -0.39 is 29.7 Å². The maximum Gasteiger partial charge on any atom is 0.264 e. The van der Waals surface area contributed by atoms with Crippen LogP contribution in [0.4, 0.5) is 23.0 Å². The van der Waals surface area contributed by atoms with Crippen molar-refractivity contribution < 1.29 is 33.5 Å². The van der Waals surface area contributed by atoms with Crippen molar-refractivity contribution in [2.24, 2.45) is 5.92 Å². The van der Waals surface area contributed by atoms with Crippen LogP contribution in [0.2, 0.25) is 0 Å². The SMILES string of the molecule is O=C1CCC(N2C(=O)c3cccc(NCCOCCNC(=O)C4CCC(NC(=O)c5cnc(Nc6ccc7cnccc7n6)cc5NC5CC5)CC4)c3C2=O)C(=O)N1. The van der Waals surface area contributed by atoms with Crippen LogP contribution >= 0.6 is 0 Å². The van der Waals surface area contributed by atoms with Gasteiger partial charge in [0.25, 0.3) is 17.7 Å². The number of aromatic nitrogens is 3. The van der Waals surface area contributed by atoms with E-state index in [2.05, 4.69) is 46.9 Å². The average Bonchev–Trinajstić information content (AvgIpc) is 4.01. The van der Waals surface area contributed by atoms with Crippen LogP contribution < -0.4 is 31.9 Å². The van der Waals surface area contributed by atoms with Gasteiger partial charge in [0.15, 0.2) is 0 Å². The number of imide groups is 2. The lowest BCUT2D eigenvalue weighted by Crippen LogP contribution is -2.54. The van der Waals surface area contributed by atoms with Gasteiger partial charge in [-0.1, -0.05) is 6.07 Å². The van der Waals surface area contributed by atoms with Gasteiger partial charge in [0, 0.05) is 73.2 Å². The number of nitrogens with one attached hydrogen (secondary N) is 6. The molecule has 17 heteroatoms. The first kappa shape index (κ1) is 38.4. The Labute approximate surface area is 333 Å². The molecule has 4 aromatic rings. The number of hydrogen-bond acceptors (Lipinski definition) is 13. The molecule has 1 atom stereocenters. The quantitative estimate of drug-likeness (QED) is 0.0753. The Morgan fingerprint density at radius 3 is 2.47 bits per heavy atom. The van der Waals surface area contributed by atoms with Crippen molar-refractivity contribution in [3.63, 3.8) is 0 Å². The minimum atomic E-state index is -1.04. The van der Waals surface area contributed by atoms with E-state index in [1.807, 2.05) is 24.3 Å². The zero-order chi connectivity index (χ0) is 40.2. The van der Waals surface area contributed by atoms with Gasteiger partial charge in [0.05, 0.1) is 41.1 Å². The highest BCUT2D eigenvalue weighted by Gasteiger charge is 2.45. The number of nitrogens with zero attached hydrogens (tertiary/aromatic N) is 4. The summed E-state index contributed by atoms with van der Waals surface area (Å²) in [5.41, 5.74) is 2.82. The van der Waals surface area contributed by atoms with E-state index in [9.17, 15) is 28.8 Å². The topological polar surface area (TPSA) is 226 Å². The monoisotopic (exact) mass is 788 g/mol. The first-order chi connectivity index (χ1) is 28.2. The smallest absolute Gasteiger partial charge is 0.264 e. The Morgan fingerprint density at radius 2 is 1.66 bits per heavy atom. The van der Waals surface area contributed by atoms with E-state index in [4.69, 9.17) is 4.74 Å². The summed E-state index contributed by atoms with van der Waals surface area (Å²) in [5, 5.41) is 19.1. The molecular formula is C41H44N10O7. The van der Waals surface area contributed by atoms with Gasteiger partial charge in [-0.15, -0.1) is 0 Å². The lowest BCUT2D eigenvalue weighted by Gasteiger charge is -2.28. The number of ether oxygens (including phenoxy) is 1. The van der Waals surface area contributed by atoms with Gasteiger partial charge in [0.2, 0.25) is 17.7 Å². The van der Waals surface area contributed by atoms with E-state index >= 15 is 0 Å². The summed E-state index contributed by atoms with van der Waals surface area (Å²) in [6.07, 6.45) is 9.91. The molecule has 17 nitrogen and oxygen atoms in total. The summed E-state index contributed by atoms with van der Waals surface area (Å²) in [6, 6.07) is 11.6. The normalized spacial score (nSPS) is 20.3. The molecule has 58 heavy (non-hydrogen) atoms. The molecule has 3 aromatic heterocycles. The minimum Gasteiger partial charge on any atom is -0.382 e. The second-order valence-electron chi connectivity index (χ2n) is 15.0. The first-order valence-electron chi connectivity index (χ1n) is 19.7. The van der Waals surface area contributed by atoms with Crippen molar-refractivity contribution >= 4 is 69.4 Å². The van der Waals surface area contributed by atoms with E-state index in [0.717, 1.165) is 28.6 Å². The molecule has 1 unspecified atom stereocenters. The van der Waals surface area contributed by atoms with Crippen molar-refractivity contribution in [1.29, 1.82) is 0 Å². The van der Waals surface area contributed by atoms with Gasteiger partial charge >= 0.3 is 0 Å². The predicted octanol–water partition coefficient (Wildman–Crippen LogP) is 3.28. The summed E-state index contributed by atoms with van der Waals surface area (Å²) in [6.45, 7) is 1.21. The van der Waals surface area contributed by atoms with Crippen molar-refractivity contribution in [3.8, 4) is 0 Å². The fourth-order valence-electron chi connectivity index (χ4n) is 7.61. The molecule has 1 saturated heterocycles. The lowest BCUT2D eigenvalue weighted by atomic mass is 9.85. The van der Waals surface area contributed by atoms with Crippen LogP contribution in [0, 0.1) is 5.92 Å². The first-order valence-corrected chi connectivity index (χ1v) is 19.7. The van der Waals surface area contributed by atoms with Gasteiger partial charge < -0.3 is 31.3 Å². The van der Waals surface area contributed by atoms with Crippen molar-refractivity contribution in [2.75, 3.05) is 42.3 Å². The molecule has 6 N–H and O–H groups in total. The average molecular weight is 789 g/mol. The Kier molecular flexibility index (Phi) is 11.2. The fourth-order valence-corrected chi connectivity index (χ4v) is 7.61. The van der Waals surface area contributed by atoms with Crippen LogP contribution in [0.25, 0.3) is 10.9 Å². The van der Waals surface area contributed by atoms with Crippen molar-refractivity contribution in [2.45, 2.75) is 69.5 Å². The van der Waals surface area contributed by atoms with Gasteiger partial charge in [-0.25, -0.2) is 9.97 Å². The summed E-state index contributed by atoms with van der Waals surface area (Å²) in [7, 11) is 0. The third-order valence-corrected chi connectivity index (χ3v) is 10.8. The number of amides is 6. The number of piperidine rings is 1. The second-order valence-corrected chi connectivity index (χ2v) is 15.0. The fraction of sp³-hybridized carbons (Fsp3) is 0.390. The number of benzene rings is 1.